The van der Waals surface area contributed by atoms with E-state index in [-0.39, 0.29) is 5.91 Å². The van der Waals surface area contributed by atoms with Gasteiger partial charge in [-0.3, -0.25) is 4.79 Å². The van der Waals surface area contributed by atoms with Gasteiger partial charge in [0.1, 0.15) is 0 Å². The number of hydrogen-bond donors (Lipinski definition) is 0. The summed E-state index contributed by atoms with van der Waals surface area (Å²) < 4.78 is 0.788. The Balaban J connectivity index is 2.09. The van der Waals surface area contributed by atoms with Crippen molar-refractivity contribution in [3.63, 3.8) is 0 Å². The summed E-state index contributed by atoms with van der Waals surface area (Å²) >= 11 is 2.30. The van der Waals surface area contributed by atoms with E-state index >= 15 is 0 Å². The molecule has 0 spiro atoms. The predicted octanol–water partition coefficient (Wildman–Crippen LogP) is 3.85. The van der Waals surface area contributed by atoms with Crippen LogP contribution in [-0.2, 0) is 0 Å². The number of nitrogens with zero attached hydrogens (tertiary/aromatic N) is 1. The zero-order chi connectivity index (χ0) is 12.1. The van der Waals surface area contributed by atoms with Crippen LogP contribution >= 0.6 is 22.6 Å². The molecular weight excluding hydrogens is 325 g/mol. The Morgan fingerprint density at radius 1 is 1.18 bits per heavy atom. The van der Waals surface area contributed by atoms with Gasteiger partial charge in [-0.1, -0.05) is 60.1 Å². The van der Waals surface area contributed by atoms with Crippen LogP contribution in [0.4, 0.5) is 0 Å². The zero-order valence-corrected chi connectivity index (χ0v) is 12.1. The van der Waals surface area contributed by atoms with Crippen LogP contribution in [0, 0.1) is 0 Å². The number of halogens is 1. The molecule has 0 radical (unpaired) electrons. The molecule has 1 amide bonds. The Hall–Kier alpha value is -0.580. The van der Waals surface area contributed by atoms with Gasteiger partial charge < -0.3 is 4.90 Å². The molecule has 92 valence electrons. The van der Waals surface area contributed by atoms with Crippen LogP contribution in [0.25, 0.3) is 0 Å². The second kappa shape index (κ2) is 6.38. The lowest BCUT2D eigenvalue weighted by Gasteiger charge is -2.33. The van der Waals surface area contributed by atoms with E-state index in [2.05, 4.69) is 22.6 Å². The third kappa shape index (κ3) is 3.21. The van der Waals surface area contributed by atoms with Crippen LogP contribution in [0.15, 0.2) is 30.3 Å². The third-order valence-electron chi connectivity index (χ3n) is 3.43. The fourth-order valence-corrected chi connectivity index (χ4v) is 3.32. The SMILES string of the molecule is O=C(c1ccccc1)N(CI)C1CCCCC1. The standard InChI is InChI=1S/C14H18INO/c15-11-16(13-9-5-2-6-10-13)14(17)12-7-3-1-4-8-12/h1,3-4,7-8,13H,2,5-6,9-11H2. The van der Waals surface area contributed by atoms with Gasteiger partial charge in [-0.15, -0.1) is 0 Å². The average Bonchev–Trinajstić information content (AvgIpc) is 2.42. The molecule has 0 aromatic heterocycles. The maximum Gasteiger partial charge on any atom is 0.254 e. The number of alkyl halides is 1. The molecule has 2 rings (SSSR count). The van der Waals surface area contributed by atoms with Gasteiger partial charge in [0.15, 0.2) is 0 Å². The summed E-state index contributed by atoms with van der Waals surface area (Å²) in [5.74, 6) is 0.187. The minimum atomic E-state index is 0.187. The number of carbonyl (C=O) groups excluding carboxylic acids is 1. The molecule has 1 fully saturated rings. The lowest BCUT2D eigenvalue weighted by Crippen LogP contribution is -2.40. The van der Waals surface area contributed by atoms with Gasteiger partial charge in [0.2, 0.25) is 0 Å². The Labute approximate surface area is 117 Å². The average molecular weight is 343 g/mol. The molecule has 17 heavy (non-hydrogen) atoms. The zero-order valence-electron chi connectivity index (χ0n) is 9.94. The largest absolute Gasteiger partial charge is 0.326 e. The van der Waals surface area contributed by atoms with Gasteiger partial charge in [-0.05, 0) is 25.0 Å². The van der Waals surface area contributed by atoms with Crippen LogP contribution in [0.3, 0.4) is 0 Å². The van der Waals surface area contributed by atoms with Crippen molar-refractivity contribution in [1.82, 2.24) is 4.90 Å². The molecule has 1 aromatic carbocycles. The van der Waals surface area contributed by atoms with Crippen LogP contribution in [0.2, 0.25) is 0 Å². The molecule has 1 aromatic rings. The molecule has 0 aliphatic heterocycles. The first kappa shape index (κ1) is 12.9. The summed E-state index contributed by atoms with van der Waals surface area (Å²) in [5, 5.41) is 0. The van der Waals surface area contributed by atoms with E-state index in [1.54, 1.807) is 0 Å². The van der Waals surface area contributed by atoms with Gasteiger partial charge in [0.05, 0.1) is 4.55 Å². The highest BCUT2D eigenvalue weighted by atomic mass is 127. The number of carbonyl (C=O) groups is 1. The quantitative estimate of drug-likeness (QED) is 0.464. The molecule has 0 N–H and O–H groups in total. The molecule has 0 heterocycles. The predicted molar refractivity (Wildman–Crippen MR) is 78.4 cm³/mol. The van der Waals surface area contributed by atoms with Crippen molar-refractivity contribution >= 4 is 28.5 Å². The molecule has 2 nitrogen and oxygen atoms in total. The van der Waals surface area contributed by atoms with Gasteiger partial charge in [-0.25, -0.2) is 0 Å². The van der Waals surface area contributed by atoms with E-state index in [9.17, 15) is 4.79 Å². The topological polar surface area (TPSA) is 20.3 Å². The third-order valence-corrected chi connectivity index (χ3v) is 4.16. The highest BCUT2D eigenvalue weighted by Crippen LogP contribution is 2.24. The molecule has 1 aliphatic rings. The first-order valence-corrected chi connectivity index (χ1v) is 7.77. The fraction of sp³-hybridized carbons (Fsp3) is 0.500. The Morgan fingerprint density at radius 3 is 2.41 bits per heavy atom. The summed E-state index contributed by atoms with van der Waals surface area (Å²) in [5.41, 5.74) is 0.815. The lowest BCUT2D eigenvalue weighted by molar-refractivity contribution is 0.0689. The van der Waals surface area contributed by atoms with E-state index in [0.717, 1.165) is 10.1 Å². The van der Waals surface area contributed by atoms with Crippen LogP contribution in [0.1, 0.15) is 42.5 Å². The summed E-state index contributed by atoms with van der Waals surface area (Å²) in [7, 11) is 0. The maximum absolute atomic E-state index is 12.4. The van der Waals surface area contributed by atoms with Crippen molar-refractivity contribution in [1.29, 1.82) is 0 Å². The van der Waals surface area contributed by atoms with Crippen molar-refractivity contribution in [3.05, 3.63) is 35.9 Å². The number of benzene rings is 1. The van der Waals surface area contributed by atoms with Crippen molar-refractivity contribution < 1.29 is 4.79 Å². The second-order valence-electron chi connectivity index (χ2n) is 4.55. The number of amides is 1. The summed E-state index contributed by atoms with van der Waals surface area (Å²) in [4.78, 5) is 14.4. The van der Waals surface area contributed by atoms with Gasteiger partial charge in [0.25, 0.3) is 5.91 Å². The first-order valence-electron chi connectivity index (χ1n) is 6.25. The monoisotopic (exact) mass is 343 g/mol. The molecule has 0 saturated heterocycles. The minimum Gasteiger partial charge on any atom is -0.326 e. The van der Waals surface area contributed by atoms with E-state index in [1.807, 2.05) is 35.2 Å². The highest BCUT2D eigenvalue weighted by molar-refractivity contribution is 14.1. The Morgan fingerprint density at radius 2 is 1.82 bits per heavy atom. The Bertz CT molecular complexity index is 360. The minimum absolute atomic E-state index is 0.187. The van der Waals surface area contributed by atoms with E-state index in [0.29, 0.717) is 6.04 Å². The molecule has 0 unspecified atom stereocenters. The fourth-order valence-electron chi connectivity index (χ4n) is 2.46. The van der Waals surface area contributed by atoms with Crippen LogP contribution in [-0.4, -0.2) is 21.4 Å². The van der Waals surface area contributed by atoms with Crippen molar-refractivity contribution in [2.75, 3.05) is 4.55 Å². The smallest absolute Gasteiger partial charge is 0.254 e. The summed E-state index contributed by atoms with van der Waals surface area (Å²) in [6, 6.07) is 10.1. The van der Waals surface area contributed by atoms with E-state index in [4.69, 9.17) is 0 Å². The van der Waals surface area contributed by atoms with E-state index in [1.165, 1.54) is 32.1 Å². The lowest BCUT2D eigenvalue weighted by atomic mass is 9.94. The molecule has 0 atom stereocenters. The number of hydrogen-bond acceptors (Lipinski definition) is 1. The van der Waals surface area contributed by atoms with Gasteiger partial charge in [0, 0.05) is 11.6 Å². The molecule has 3 heteroatoms. The van der Waals surface area contributed by atoms with Gasteiger partial charge in [-0.2, -0.15) is 0 Å². The summed E-state index contributed by atoms with van der Waals surface area (Å²) in [6.45, 7) is 0. The number of rotatable bonds is 3. The molecule has 0 bridgehead atoms. The highest BCUT2D eigenvalue weighted by Gasteiger charge is 2.25. The van der Waals surface area contributed by atoms with E-state index < -0.39 is 0 Å². The van der Waals surface area contributed by atoms with Crippen molar-refractivity contribution in [2.24, 2.45) is 0 Å². The first-order chi connectivity index (χ1) is 8.33. The second-order valence-corrected chi connectivity index (χ2v) is 5.23. The van der Waals surface area contributed by atoms with Crippen molar-refractivity contribution in [2.45, 2.75) is 38.1 Å². The molecular formula is C14H18INO. The van der Waals surface area contributed by atoms with Gasteiger partial charge >= 0.3 is 0 Å². The Kier molecular flexibility index (Phi) is 4.83. The maximum atomic E-state index is 12.4. The molecule has 1 aliphatic carbocycles. The van der Waals surface area contributed by atoms with Crippen molar-refractivity contribution in [3.8, 4) is 0 Å². The molecule has 1 saturated carbocycles. The van der Waals surface area contributed by atoms with Crippen LogP contribution < -0.4 is 0 Å². The summed E-state index contributed by atoms with van der Waals surface area (Å²) in [6.07, 6.45) is 6.19. The normalized spacial score (nSPS) is 16.8. The van der Waals surface area contributed by atoms with Crippen LogP contribution in [0.5, 0.6) is 0 Å².